The van der Waals surface area contributed by atoms with E-state index < -0.39 is 0 Å². The Morgan fingerprint density at radius 1 is 1.05 bits per heavy atom. The zero-order valence-electron chi connectivity index (χ0n) is 10.1. The molecule has 0 unspecified atom stereocenters. The normalized spacial score (nSPS) is 10.5. The van der Waals surface area contributed by atoms with Crippen LogP contribution in [0.5, 0.6) is 5.75 Å². The van der Waals surface area contributed by atoms with Crippen molar-refractivity contribution in [1.29, 1.82) is 0 Å². The van der Waals surface area contributed by atoms with E-state index in [2.05, 4.69) is 10.3 Å². The number of nitrogens with one attached hydrogen (secondary N) is 2. The van der Waals surface area contributed by atoms with Crippen molar-refractivity contribution in [3.05, 3.63) is 60.3 Å². The quantitative estimate of drug-likeness (QED) is 0.656. The number of amides is 1. The van der Waals surface area contributed by atoms with Crippen LogP contribution in [0.2, 0.25) is 0 Å². The Bertz CT molecular complexity index is 732. The highest BCUT2D eigenvalue weighted by Crippen LogP contribution is 2.25. The van der Waals surface area contributed by atoms with Crippen molar-refractivity contribution >= 4 is 22.5 Å². The van der Waals surface area contributed by atoms with Crippen molar-refractivity contribution in [2.45, 2.75) is 0 Å². The Labute approximate surface area is 109 Å². The van der Waals surface area contributed by atoms with Crippen molar-refractivity contribution in [1.82, 2.24) is 4.98 Å². The number of phenolic OH excluding ortho intramolecular Hbond substituents is 1. The fourth-order valence-electron chi connectivity index (χ4n) is 1.98. The van der Waals surface area contributed by atoms with Gasteiger partial charge in [-0.1, -0.05) is 24.3 Å². The third kappa shape index (κ3) is 2.15. The average molecular weight is 252 g/mol. The van der Waals surface area contributed by atoms with E-state index in [1.165, 1.54) is 0 Å². The Kier molecular flexibility index (Phi) is 2.68. The summed E-state index contributed by atoms with van der Waals surface area (Å²) in [7, 11) is 0. The van der Waals surface area contributed by atoms with Gasteiger partial charge < -0.3 is 15.4 Å². The molecule has 3 aromatic rings. The second-order valence-electron chi connectivity index (χ2n) is 4.24. The minimum Gasteiger partial charge on any atom is -0.507 e. The number of hydrogen-bond acceptors (Lipinski definition) is 2. The summed E-state index contributed by atoms with van der Waals surface area (Å²) in [5.41, 5.74) is 1.88. The van der Waals surface area contributed by atoms with Gasteiger partial charge in [0.2, 0.25) is 0 Å². The lowest BCUT2D eigenvalue weighted by Gasteiger charge is -2.02. The van der Waals surface area contributed by atoms with Gasteiger partial charge in [0.1, 0.15) is 11.4 Å². The van der Waals surface area contributed by atoms with E-state index in [1.807, 2.05) is 36.4 Å². The molecule has 4 heteroatoms. The molecule has 0 aliphatic heterocycles. The van der Waals surface area contributed by atoms with Gasteiger partial charge in [-0.15, -0.1) is 0 Å². The van der Waals surface area contributed by atoms with Crippen LogP contribution in [0.1, 0.15) is 10.5 Å². The van der Waals surface area contributed by atoms with Gasteiger partial charge in [-0.2, -0.15) is 0 Å². The van der Waals surface area contributed by atoms with Crippen molar-refractivity contribution in [3.63, 3.8) is 0 Å². The predicted molar refractivity (Wildman–Crippen MR) is 74.4 cm³/mol. The van der Waals surface area contributed by atoms with Crippen LogP contribution >= 0.6 is 0 Å². The molecule has 0 bridgehead atoms. The number of fused-ring (bicyclic) bond motifs is 1. The Balaban J connectivity index is 1.92. The third-order valence-electron chi connectivity index (χ3n) is 2.92. The van der Waals surface area contributed by atoms with Crippen molar-refractivity contribution in [2.24, 2.45) is 0 Å². The number of rotatable bonds is 2. The van der Waals surface area contributed by atoms with E-state index in [1.54, 1.807) is 18.2 Å². The van der Waals surface area contributed by atoms with E-state index in [9.17, 15) is 9.90 Å². The molecular formula is C15H12N2O2. The Hall–Kier alpha value is -2.75. The van der Waals surface area contributed by atoms with Crippen LogP contribution in [0.25, 0.3) is 10.9 Å². The van der Waals surface area contributed by atoms with Crippen molar-refractivity contribution in [2.75, 3.05) is 5.32 Å². The van der Waals surface area contributed by atoms with E-state index >= 15 is 0 Å². The lowest BCUT2D eigenvalue weighted by atomic mass is 10.2. The number of benzene rings is 2. The SMILES string of the molecule is O=C(Nc1ccccc1)c1cc2c(O)cccc2[nH]1. The first-order valence-corrected chi connectivity index (χ1v) is 5.91. The molecule has 3 N–H and O–H groups in total. The lowest BCUT2D eigenvalue weighted by molar-refractivity contribution is 0.102. The van der Waals surface area contributed by atoms with E-state index in [0.29, 0.717) is 11.1 Å². The first-order chi connectivity index (χ1) is 9.24. The highest BCUT2D eigenvalue weighted by molar-refractivity contribution is 6.06. The van der Waals surface area contributed by atoms with Crippen LogP contribution in [0.15, 0.2) is 54.6 Å². The highest BCUT2D eigenvalue weighted by Gasteiger charge is 2.11. The number of aromatic amines is 1. The van der Waals surface area contributed by atoms with Gasteiger partial charge in [0.05, 0.1) is 0 Å². The van der Waals surface area contributed by atoms with Gasteiger partial charge in [0.15, 0.2) is 0 Å². The zero-order valence-corrected chi connectivity index (χ0v) is 10.1. The molecule has 2 aromatic carbocycles. The Morgan fingerprint density at radius 3 is 2.58 bits per heavy atom. The van der Waals surface area contributed by atoms with Crippen LogP contribution in [-0.4, -0.2) is 16.0 Å². The van der Waals surface area contributed by atoms with Gasteiger partial charge in [0.25, 0.3) is 5.91 Å². The first-order valence-electron chi connectivity index (χ1n) is 5.91. The first kappa shape index (κ1) is 11.3. The van der Waals surface area contributed by atoms with Crippen molar-refractivity contribution < 1.29 is 9.90 Å². The molecule has 0 saturated heterocycles. The molecule has 0 fully saturated rings. The van der Waals surface area contributed by atoms with E-state index in [4.69, 9.17) is 0 Å². The largest absolute Gasteiger partial charge is 0.507 e. The van der Waals surface area contributed by atoms with Crippen LogP contribution in [0.4, 0.5) is 5.69 Å². The van der Waals surface area contributed by atoms with Crippen LogP contribution in [-0.2, 0) is 0 Å². The minimum absolute atomic E-state index is 0.160. The predicted octanol–water partition coefficient (Wildman–Crippen LogP) is 3.13. The molecular weight excluding hydrogens is 240 g/mol. The zero-order chi connectivity index (χ0) is 13.2. The van der Waals surface area contributed by atoms with Gasteiger partial charge in [-0.25, -0.2) is 0 Å². The molecule has 0 radical (unpaired) electrons. The average Bonchev–Trinajstić information content (AvgIpc) is 2.85. The third-order valence-corrected chi connectivity index (χ3v) is 2.92. The molecule has 94 valence electrons. The Morgan fingerprint density at radius 2 is 1.84 bits per heavy atom. The number of aromatic nitrogens is 1. The number of para-hydroxylation sites is 1. The van der Waals surface area contributed by atoms with Gasteiger partial charge >= 0.3 is 0 Å². The summed E-state index contributed by atoms with van der Waals surface area (Å²) in [6.07, 6.45) is 0. The maximum atomic E-state index is 12.1. The second-order valence-corrected chi connectivity index (χ2v) is 4.24. The van der Waals surface area contributed by atoms with Crippen LogP contribution in [0, 0.1) is 0 Å². The maximum Gasteiger partial charge on any atom is 0.272 e. The number of anilines is 1. The summed E-state index contributed by atoms with van der Waals surface area (Å²) in [6, 6.07) is 16.0. The van der Waals surface area contributed by atoms with E-state index in [-0.39, 0.29) is 11.7 Å². The molecule has 1 amide bonds. The number of hydrogen-bond donors (Lipinski definition) is 3. The highest BCUT2D eigenvalue weighted by atomic mass is 16.3. The second kappa shape index (κ2) is 4.49. The molecule has 0 aliphatic carbocycles. The molecule has 0 atom stereocenters. The van der Waals surface area contributed by atoms with Crippen molar-refractivity contribution in [3.8, 4) is 5.75 Å². The molecule has 0 aliphatic rings. The number of carbonyl (C=O) groups excluding carboxylic acids is 1. The van der Waals surface area contributed by atoms with E-state index in [0.717, 1.165) is 11.2 Å². The number of carbonyl (C=O) groups is 1. The monoisotopic (exact) mass is 252 g/mol. The van der Waals surface area contributed by atoms with Gasteiger partial charge in [-0.3, -0.25) is 4.79 Å². The summed E-state index contributed by atoms with van der Waals surface area (Å²) in [4.78, 5) is 15.1. The summed E-state index contributed by atoms with van der Waals surface area (Å²) < 4.78 is 0. The van der Waals surface area contributed by atoms with Crippen LogP contribution in [0.3, 0.4) is 0 Å². The molecule has 1 aromatic heterocycles. The molecule has 4 nitrogen and oxygen atoms in total. The minimum atomic E-state index is -0.234. The number of aromatic hydroxyl groups is 1. The van der Waals surface area contributed by atoms with Crippen LogP contribution < -0.4 is 5.32 Å². The summed E-state index contributed by atoms with van der Waals surface area (Å²) in [5.74, 6) is -0.0747. The molecule has 0 spiro atoms. The lowest BCUT2D eigenvalue weighted by Crippen LogP contribution is -2.11. The number of phenols is 1. The van der Waals surface area contributed by atoms with Gasteiger partial charge in [-0.05, 0) is 30.3 Å². The molecule has 3 rings (SSSR count). The van der Waals surface area contributed by atoms with Gasteiger partial charge in [0, 0.05) is 16.6 Å². The molecule has 1 heterocycles. The molecule has 19 heavy (non-hydrogen) atoms. The topological polar surface area (TPSA) is 65.1 Å². The smallest absolute Gasteiger partial charge is 0.272 e. The number of H-pyrrole nitrogens is 1. The fraction of sp³-hybridized carbons (Fsp3) is 0. The maximum absolute atomic E-state index is 12.1. The molecule has 0 saturated carbocycles. The standard InChI is InChI=1S/C15H12N2O2/c18-14-8-4-7-12-11(14)9-13(17-12)15(19)16-10-5-2-1-3-6-10/h1-9,17-18H,(H,16,19). The summed E-state index contributed by atoms with van der Waals surface area (Å²) in [5, 5.41) is 13.1. The summed E-state index contributed by atoms with van der Waals surface area (Å²) >= 11 is 0. The fourth-order valence-corrected chi connectivity index (χ4v) is 1.98. The summed E-state index contributed by atoms with van der Waals surface area (Å²) in [6.45, 7) is 0.